The van der Waals surface area contributed by atoms with Crippen molar-refractivity contribution in [1.82, 2.24) is 9.80 Å². The molecule has 2 saturated heterocycles. The predicted octanol–water partition coefficient (Wildman–Crippen LogP) is -5.64. The molecule has 32 heavy (non-hydrogen) atoms. The highest BCUT2D eigenvalue weighted by Gasteiger charge is 2.79. The minimum atomic E-state index is -2.82. The summed E-state index contributed by atoms with van der Waals surface area (Å²) >= 11 is 0. The number of carbonyl (C=O) groups excluding carboxylic acids is 7. The molecule has 0 radical (unpaired) electrons. The van der Waals surface area contributed by atoms with Crippen molar-refractivity contribution in [1.29, 1.82) is 0 Å². The number of imide groups is 2. The van der Waals surface area contributed by atoms with Crippen LogP contribution in [-0.4, -0.2) is 94.6 Å². The highest BCUT2D eigenvalue weighted by molar-refractivity contribution is 6.52. The quantitative estimate of drug-likeness (QED) is 0.110. The summed E-state index contributed by atoms with van der Waals surface area (Å²) in [5.41, 5.74) is 15.4. The Labute approximate surface area is 179 Å². The van der Waals surface area contributed by atoms with Gasteiger partial charge in [-0.1, -0.05) is 0 Å². The lowest BCUT2D eigenvalue weighted by Gasteiger charge is -2.51. The van der Waals surface area contributed by atoms with Gasteiger partial charge in [-0.3, -0.25) is 43.4 Å². The minimum Gasteiger partial charge on any atom is -0.478 e. The van der Waals surface area contributed by atoms with Crippen molar-refractivity contribution in [3.05, 3.63) is 0 Å². The van der Waals surface area contributed by atoms with Crippen molar-refractivity contribution in [2.75, 3.05) is 26.4 Å². The van der Waals surface area contributed by atoms with E-state index >= 15 is 0 Å². The molecule has 16 nitrogen and oxygen atoms in total. The highest BCUT2D eigenvalue weighted by atomic mass is 16.6. The molecule has 2 aliphatic heterocycles. The number of likely N-dealkylation sites (tertiary alicyclic amines) is 2. The normalized spacial score (nSPS) is 16.6. The second kappa shape index (κ2) is 10.1. The van der Waals surface area contributed by atoms with Gasteiger partial charge < -0.3 is 32.8 Å². The minimum absolute atomic E-state index is 0.161. The fourth-order valence-electron chi connectivity index (χ4n) is 3.03. The van der Waals surface area contributed by atoms with Gasteiger partial charge in [-0.2, -0.15) is 0 Å². The molecule has 0 saturated carbocycles. The van der Waals surface area contributed by atoms with Crippen molar-refractivity contribution in [3.8, 4) is 0 Å². The zero-order chi connectivity index (χ0) is 24.9. The number of rotatable bonds is 11. The monoisotopic (exact) mass is 458 g/mol. The maximum atomic E-state index is 11.6. The number of ether oxygens (including phenoxy) is 1. The van der Waals surface area contributed by atoms with Gasteiger partial charge in [0.25, 0.3) is 35.5 Å². The average molecular weight is 458 g/mol. The summed E-state index contributed by atoms with van der Waals surface area (Å²) in [5.74, 6) is -7.40. The molecular weight excluding hydrogens is 436 g/mol. The van der Waals surface area contributed by atoms with Crippen molar-refractivity contribution >= 4 is 47.6 Å². The van der Waals surface area contributed by atoms with Gasteiger partial charge in [-0.25, -0.2) is 4.79 Å². The lowest BCUT2D eigenvalue weighted by molar-refractivity contribution is -0.199. The predicted molar refractivity (Wildman–Crippen MR) is 99.1 cm³/mol. The van der Waals surface area contributed by atoms with Crippen LogP contribution < -0.4 is 22.9 Å². The highest BCUT2D eigenvalue weighted by Crippen LogP contribution is 2.43. The number of hydrogen-bond donors (Lipinski definition) is 5. The number of nitrogens with zero attached hydrogens (tertiary/aromatic N) is 2. The summed E-state index contributed by atoms with van der Waals surface area (Å²) in [7, 11) is 0. The zero-order valence-corrected chi connectivity index (χ0v) is 16.6. The third-order valence-corrected chi connectivity index (χ3v) is 4.68. The zero-order valence-electron chi connectivity index (χ0n) is 16.6. The molecule has 2 fully saturated rings. The largest absolute Gasteiger partial charge is 0.478 e. The van der Waals surface area contributed by atoms with Gasteiger partial charge >= 0.3 is 11.6 Å². The van der Waals surface area contributed by atoms with E-state index in [2.05, 4.69) is 4.74 Å². The molecule has 0 aromatic heterocycles. The molecule has 2 heterocycles. The Balaban J connectivity index is 0.000000321. The van der Waals surface area contributed by atoms with Crippen LogP contribution in [0.4, 0.5) is 0 Å². The second-order valence-corrected chi connectivity index (χ2v) is 6.32. The molecule has 2 aliphatic rings. The first-order valence-corrected chi connectivity index (χ1v) is 8.94. The molecule has 1 spiro atoms. The maximum absolute atomic E-state index is 11.6. The third-order valence-electron chi connectivity index (χ3n) is 4.68. The summed E-state index contributed by atoms with van der Waals surface area (Å²) in [4.78, 5) is 91.5. The molecule has 0 unspecified atom stereocenters. The van der Waals surface area contributed by atoms with Crippen molar-refractivity contribution in [3.63, 3.8) is 0 Å². The smallest absolute Gasteiger partial charge is 0.364 e. The first-order valence-electron chi connectivity index (χ1n) is 8.94. The Morgan fingerprint density at radius 3 is 1.41 bits per heavy atom. The summed E-state index contributed by atoms with van der Waals surface area (Å²) in [6.45, 7) is -1.24. The topological polar surface area (TPSA) is 277 Å². The van der Waals surface area contributed by atoms with Gasteiger partial charge in [0.15, 0.2) is 11.6 Å². The number of carboxylic acid groups (broad SMARTS) is 1. The van der Waals surface area contributed by atoms with Gasteiger partial charge in [0.2, 0.25) is 0 Å². The van der Waals surface area contributed by atoms with Crippen LogP contribution in [-0.2, 0) is 43.1 Å². The van der Waals surface area contributed by atoms with Crippen molar-refractivity contribution in [2.24, 2.45) is 28.3 Å². The van der Waals surface area contributed by atoms with E-state index < -0.39 is 65.0 Å². The van der Waals surface area contributed by atoms with E-state index in [0.29, 0.717) is 9.80 Å². The van der Waals surface area contributed by atoms with Gasteiger partial charge in [0, 0.05) is 12.8 Å². The van der Waals surface area contributed by atoms with Crippen LogP contribution in [0.2, 0.25) is 0 Å². The Morgan fingerprint density at radius 1 is 0.844 bits per heavy atom. The van der Waals surface area contributed by atoms with Gasteiger partial charge in [-0.05, 0) is 13.1 Å². The summed E-state index contributed by atoms with van der Waals surface area (Å²) in [6.07, 6.45) is -0.785. The number of Topliss-reactive ketones (excluding diaryl/α,β-unsaturated/α-hetero) is 2. The Hall–Kier alpha value is -3.60. The van der Waals surface area contributed by atoms with Gasteiger partial charge in [0.1, 0.15) is 0 Å². The third kappa shape index (κ3) is 3.64. The second-order valence-electron chi connectivity index (χ2n) is 6.32. The molecule has 2 rings (SSSR count). The van der Waals surface area contributed by atoms with E-state index in [1.165, 1.54) is 0 Å². The summed E-state index contributed by atoms with van der Waals surface area (Å²) in [5, 5.41) is 8.94. The van der Waals surface area contributed by atoms with Crippen LogP contribution in [0.3, 0.4) is 0 Å². The first-order chi connectivity index (χ1) is 15.0. The molecule has 0 atom stereocenters. The van der Waals surface area contributed by atoms with Gasteiger partial charge in [-0.15, -0.1) is 0 Å². The van der Waals surface area contributed by atoms with Crippen LogP contribution >= 0.6 is 0 Å². The molecular formula is C16H22N6O10. The molecule has 4 amide bonds. The van der Waals surface area contributed by atoms with E-state index in [1.54, 1.807) is 0 Å². The number of carboxylic acids is 1. The number of aliphatic carboxylic acids is 1. The Morgan fingerprint density at radius 2 is 1.19 bits per heavy atom. The SMILES string of the molecule is NCCC(=O)C(OC=O)(C(=O)O)C(=O)CCN.NCN1C(=O)C2(C1=O)C(=O)N(CN)C2=O. The molecule has 0 aliphatic carbocycles. The van der Waals surface area contributed by atoms with E-state index in [-0.39, 0.29) is 32.9 Å². The number of ketones is 2. The molecule has 176 valence electrons. The van der Waals surface area contributed by atoms with Crippen molar-refractivity contribution in [2.45, 2.75) is 18.4 Å². The fraction of sp³-hybridized carbons (Fsp3) is 0.500. The summed E-state index contributed by atoms with van der Waals surface area (Å²) < 4.78 is 4.23. The Bertz CT molecular complexity index is 780. The van der Waals surface area contributed by atoms with E-state index in [9.17, 15) is 38.4 Å². The number of hydrogen-bond acceptors (Lipinski definition) is 13. The van der Waals surface area contributed by atoms with E-state index in [0.717, 1.165) is 0 Å². The molecule has 0 aromatic carbocycles. The van der Waals surface area contributed by atoms with E-state index in [1.807, 2.05) is 0 Å². The molecule has 9 N–H and O–H groups in total. The lowest BCUT2D eigenvalue weighted by Crippen LogP contribution is -2.84. The van der Waals surface area contributed by atoms with Crippen LogP contribution in [0.5, 0.6) is 0 Å². The summed E-state index contributed by atoms with van der Waals surface area (Å²) in [6, 6.07) is 0. The van der Waals surface area contributed by atoms with Crippen LogP contribution in [0.1, 0.15) is 12.8 Å². The molecule has 0 aromatic rings. The van der Waals surface area contributed by atoms with Crippen LogP contribution in [0, 0.1) is 5.41 Å². The number of carbonyl (C=O) groups is 8. The average Bonchev–Trinajstić information content (AvgIpc) is 2.73. The van der Waals surface area contributed by atoms with Gasteiger partial charge in [0.05, 0.1) is 13.3 Å². The van der Waals surface area contributed by atoms with Crippen LogP contribution in [0.15, 0.2) is 0 Å². The lowest BCUT2D eigenvalue weighted by atomic mass is 9.69. The standard InChI is InChI=1S/C9H14N2O6.C7H8N4O4/c10-3-1-6(13)9(8(15)16,17-5-12)7(14)2-4-11;8-1-10-3(12)7(4(10)13)5(14)11(2-9)6(7)15/h5H,1-4,10-11H2,(H,15,16);1-2,8-9H2. The van der Waals surface area contributed by atoms with E-state index in [4.69, 9.17) is 28.0 Å². The molecule has 16 heteroatoms. The number of β-lactam (4-membered cyclic amide) rings is 4. The van der Waals surface area contributed by atoms with Crippen molar-refractivity contribution < 1.29 is 48.2 Å². The fourth-order valence-corrected chi connectivity index (χ4v) is 3.03. The first kappa shape index (κ1) is 26.4. The van der Waals surface area contributed by atoms with Crippen LogP contribution in [0.25, 0.3) is 0 Å². The molecule has 0 bridgehead atoms. The Kier molecular flexibility index (Phi) is 8.38. The number of amides is 4. The number of nitrogens with two attached hydrogens (primary N) is 4. The maximum Gasteiger partial charge on any atom is 0.364 e.